The van der Waals surface area contributed by atoms with E-state index in [0.29, 0.717) is 37.2 Å². The fraction of sp³-hybridized carbons (Fsp3) is 0.719. The Morgan fingerprint density at radius 1 is 0.900 bits per heavy atom. The summed E-state index contributed by atoms with van der Waals surface area (Å²) < 4.78 is 57.2. The Morgan fingerprint density at radius 2 is 1.60 bits per heavy atom. The molecule has 220 valence electrons. The van der Waals surface area contributed by atoms with Crippen LogP contribution in [0.4, 0.5) is 13.2 Å². The number of ether oxygens (including phenoxy) is 2. The lowest BCUT2D eigenvalue weighted by Crippen LogP contribution is -2.33. The molecule has 2 aliphatic carbocycles. The number of aryl methyl sites for hydroxylation is 1. The molecule has 0 spiro atoms. The molecular formula is C32H44F3N3O2. The van der Waals surface area contributed by atoms with E-state index >= 15 is 13.2 Å². The van der Waals surface area contributed by atoms with Crippen molar-refractivity contribution in [2.75, 3.05) is 6.61 Å². The van der Waals surface area contributed by atoms with Crippen LogP contribution in [0, 0.1) is 17.8 Å². The lowest BCUT2D eigenvalue weighted by molar-refractivity contribution is -0.0824. The summed E-state index contributed by atoms with van der Waals surface area (Å²) in [7, 11) is 0. The molecule has 0 N–H and O–H groups in total. The van der Waals surface area contributed by atoms with Gasteiger partial charge in [0.05, 0.1) is 24.1 Å². The Bertz CT molecular complexity index is 1090. The molecule has 8 heteroatoms. The lowest BCUT2D eigenvalue weighted by atomic mass is 9.78. The van der Waals surface area contributed by atoms with Crippen molar-refractivity contribution in [3.05, 3.63) is 35.5 Å². The van der Waals surface area contributed by atoms with Crippen molar-refractivity contribution in [3.63, 3.8) is 0 Å². The number of aromatic nitrogens is 3. The molecule has 2 aromatic heterocycles. The molecule has 3 atom stereocenters. The van der Waals surface area contributed by atoms with Crippen molar-refractivity contribution in [3.8, 4) is 17.3 Å². The van der Waals surface area contributed by atoms with Gasteiger partial charge in [0.1, 0.15) is 18.4 Å². The highest BCUT2D eigenvalue weighted by atomic mass is 19.3. The molecule has 1 saturated heterocycles. The summed E-state index contributed by atoms with van der Waals surface area (Å²) in [6.45, 7) is 2.58. The van der Waals surface area contributed by atoms with Gasteiger partial charge in [0.2, 0.25) is 5.95 Å². The zero-order chi connectivity index (χ0) is 28.0. The summed E-state index contributed by atoms with van der Waals surface area (Å²) in [5.41, 5.74) is -0.0626. The van der Waals surface area contributed by atoms with Crippen molar-refractivity contribution in [1.82, 2.24) is 15.0 Å². The second kappa shape index (κ2) is 13.6. The molecule has 1 aliphatic heterocycles. The number of alkyl halides is 2. The van der Waals surface area contributed by atoms with Crippen LogP contribution >= 0.6 is 0 Å². The molecule has 0 amide bonds. The third kappa shape index (κ3) is 7.74. The quantitative estimate of drug-likeness (QED) is 0.110. The maximum atomic E-state index is 15.4. The molecule has 0 aromatic carbocycles. The smallest absolute Gasteiger partial charge is 0.280 e. The SMILES string of the molecule is CCCCC1OC1COc1cnc(-c2cc3c(c(F)n2)C(F)(F)C(CCCCCCCCCC2CC2)CC3)nc1. The Balaban J connectivity index is 1.09. The van der Waals surface area contributed by atoms with E-state index in [4.69, 9.17) is 9.47 Å². The third-order valence-corrected chi connectivity index (χ3v) is 8.83. The highest BCUT2D eigenvalue weighted by Gasteiger charge is 2.48. The van der Waals surface area contributed by atoms with Gasteiger partial charge in [-0.05, 0) is 43.2 Å². The molecule has 3 heterocycles. The summed E-state index contributed by atoms with van der Waals surface area (Å²) in [5, 5.41) is 0. The van der Waals surface area contributed by atoms with E-state index in [1.807, 2.05) is 0 Å². The Kier molecular flexibility index (Phi) is 9.98. The standard InChI is InChI=1S/C32H44F3N3O2/c1-2-3-13-27-28(40-27)21-39-25-19-36-31(37-20-25)26-18-23-16-17-24(32(34,35)29(23)30(33)38-26)12-10-8-6-4-5-7-9-11-22-14-15-22/h18-20,22,24,27-28H,2-17,21H2,1H3. The van der Waals surface area contributed by atoms with Gasteiger partial charge >= 0.3 is 0 Å². The second-order valence-electron chi connectivity index (χ2n) is 12.1. The van der Waals surface area contributed by atoms with Gasteiger partial charge in [-0.2, -0.15) is 4.39 Å². The van der Waals surface area contributed by atoms with E-state index in [0.717, 1.165) is 44.4 Å². The first-order valence-electron chi connectivity index (χ1n) is 15.6. The molecule has 2 aromatic rings. The van der Waals surface area contributed by atoms with Crippen molar-refractivity contribution < 1.29 is 22.6 Å². The zero-order valence-corrected chi connectivity index (χ0v) is 23.9. The van der Waals surface area contributed by atoms with Crippen LogP contribution in [0.5, 0.6) is 5.75 Å². The van der Waals surface area contributed by atoms with Gasteiger partial charge in [0.25, 0.3) is 5.92 Å². The van der Waals surface area contributed by atoms with Gasteiger partial charge < -0.3 is 9.47 Å². The van der Waals surface area contributed by atoms with Gasteiger partial charge in [0, 0.05) is 5.92 Å². The van der Waals surface area contributed by atoms with Gasteiger partial charge in [-0.3, -0.25) is 0 Å². The minimum atomic E-state index is -3.22. The van der Waals surface area contributed by atoms with Crippen molar-refractivity contribution in [2.24, 2.45) is 11.8 Å². The Labute approximate surface area is 236 Å². The van der Waals surface area contributed by atoms with E-state index in [2.05, 4.69) is 21.9 Å². The number of pyridine rings is 1. The summed E-state index contributed by atoms with van der Waals surface area (Å²) in [6, 6.07) is 1.53. The molecule has 3 aliphatic rings. The minimum Gasteiger partial charge on any atom is -0.488 e. The lowest BCUT2D eigenvalue weighted by Gasteiger charge is -2.33. The summed E-state index contributed by atoms with van der Waals surface area (Å²) in [6.07, 6.45) is 20.0. The molecule has 5 rings (SSSR count). The number of nitrogens with zero attached hydrogens (tertiary/aromatic N) is 3. The van der Waals surface area contributed by atoms with E-state index < -0.39 is 23.4 Å². The third-order valence-electron chi connectivity index (χ3n) is 8.83. The molecule has 0 bridgehead atoms. The molecular weight excluding hydrogens is 515 g/mol. The monoisotopic (exact) mass is 559 g/mol. The van der Waals surface area contributed by atoms with Crippen LogP contribution in [0.15, 0.2) is 18.5 Å². The molecule has 0 radical (unpaired) electrons. The number of rotatable bonds is 17. The molecule has 5 nitrogen and oxygen atoms in total. The van der Waals surface area contributed by atoms with Gasteiger partial charge in [-0.25, -0.2) is 23.7 Å². The Hall–Kier alpha value is -2.22. The topological polar surface area (TPSA) is 60.4 Å². The van der Waals surface area contributed by atoms with Crippen LogP contribution in [-0.4, -0.2) is 33.8 Å². The van der Waals surface area contributed by atoms with Crippen LogP contribution in [0.2, 0.25) is 0 Å². The molecule has 3 unspecified atom stereocenters. The van der Waals surface area contributed by atoms with Crippen molar-refractivity contribution >= 4 is 0 Å². The van der Waals surface area contributed by atoms with E-state index in [9.17, 15) is 0 Å². The number of hydrogen-bond donors (Lipinski definition) is 0. The van der Waals surface area contributed by atoms with Gasteiger partial charge in [0.15, 0.2) is 11.6 Å². The van der Waals surface area contributed by atoms with Crippen LogP contribution in [-0.2, 0) is 17.1 Å². The maximum absolute atomic E-state index is 15.4. The highest BCUT2D eigenvalue weighted by molar-refractivity contribution is 5.53. The predicted octanol–water partition coefficient (Wildman–Crippen LogP) is 8.59. The summed E-state index contributed by atoms with van der Waals surface area (Å²) in [4.78, 5) is 12.4. The second-order valence-corrected chi connectivity index (χ2v) is 12.1. The number of unbranched alkanes of at least 4 members (excludes halogenated alkanes) is 7. The summed E-state index contributed by atoms with van der Waals surface area (Å²) in [5.74, 6) is -3.49. The van der Waals surface area contributed by atoms with Crippen molar-refractivity contribution in [1.29, 1.82) is 0 Å². The number of halogens is 3. The summed E-state index contributed by atoms with van der Waals surface area (Å²) >= 11 is 0. The van der Waals surface area contributed by atoms with E-state index in [1.165, 1.54) is 63.4 Å². The molecule has 1 saturated carbocycles. The first-order valence-corrected chi connectivity index (χ1v) is 15.6. The van der Waals surface area contributed by atoms with Gasteiger partial charge in [-0.1, -0.05) is 84.0 Å². The first-order chi connectivity index (χ1) is 19.5. The van der Waals surface area contributed by atoms with E-state index in [1.54, 1.807) is 0 Å². The van der Waals surface area contributed by atoms with Crippen LogP contribution < -0.4 is 4.74 Å². The number of epoxide rings is 1. The fourth-order valence-electron chi connectivity index (χ4n) is 6.07. The Morgan fingerprint density at radius 3 is 2.30 bits per heavy atom. The van der Waals surface area contributed by atoms with Crippen LogP contribution in [0.1, 0.15) is 114 Å². The molecule has 40 heavy (non-hydrogen) atoms. The van der Waals surface area contributed by atoms with Gasteiger partial charge in [-0.15, -0.1) is 0 Å². The normalized spacial score (nSPS) is 23.1. The largest absolute Gasteiger partial charge is 0.488 e. The van der Waals surface area contributed by atoms with Crippen molar-refractivity contribution in [2.45, 2.75) is 128 Å². The average molecular weight is 560 g/mol. The van der Waals surface area contributed by atoms with Crippen LogP contribution in [0.25, 0.3) is 11.5 Å². The maximum Gasteiger partial charge on any atom is 0.280 e. The fourth-order valence-corrected chi connectivity index (χ4v) is 6.07. The number of fused-ring (bicyclic) bond motifs is 1. The number of hydrogen-bond acceptors (Lipinski definition) is 5. The van der Waals surface area contributed by atoms with Crippen LogP contribution in [0.3, 0.4) is 0 Å². The zero-order valence-electron chi connectivity index (χ0n) is 23.9. The minimum absolute atomic E-state index is 0.0967. The van der Waals surface area contributed by atoms with E-state index in [-0.39, 0.29) is 23.7 Å². The predicted molar refractivity (Wildman–Crippen MR) is 149 cm³/mol. The first kappa shape index (κ1) is 29.3. The molecule has 2 fully saturated rings. The average Bonchev–Trinajstić information content (AvgIpc) is 3.87. The highest BCUT2D eigenvalue weighted by Crippen LogP contribution is 2.47.